The van der Waals surface area contributed by atoms with Crippen LogP contribution in [0.5, 0.6) is 5.75 Å². The molecule has 2 aromatic rings. The van der Waals surface area contributed by atoms with Gasteiger partial charge in [0.15, 0.2) is 6.17 Å². The smallest absolute Gasteiger partial charge is 0.227 e. The van der Waals surface area contributed by atoms with E-state index in [1.165, 1.54) is 10.6 Å². The van der Waals surface area contributed by atoms with Gasteiger partial charge in [0.25, 0.3) is 0 Å². The van der Waals surface area contributed by atoms with E-state index in [0.717, 1.165) is 62.6 Å². The Morgan fingerprint density at radius 3 is 2.51 bits per heavy atom. The number of benzene rings is 2. The minimum absolute atomic E-state index is 0.0184. The molecule has 3 heterocycles. The number of likely N-dealkylation sites (tertiary alicyclic amines) is 1. The van der Waals surface area contributed by atoms with Gasteiger partial charge >= 0.3 is 0 Å². The summed E-state index contributed by atoms with van der Waals surface area (Å²) in [5.74, 6) is 0.736. The van der Waals surface area contributed by atoms with E-state index in [0.29, 0.717) is 48.4 Å². The maximum absolute atomic E-state index is 14.7. The van der Waals surface area contributed by atoms with Gasteiger partial charge in [0.2, 0.25) is 12.4 Å². The molecule has 0 spiro atoms. The van der Waals surface area contributed by atoms with Crippen molar-refractivity contribution in [2.24, 2.45) is 9.98 Å². The highest BCUT2D eigenvalue weighted by molar-refractivity contribution is 6.01. The molecule has 0 radical (unpaired) electrons. The number of carbonyl (C=O) groups is 1. The monoisotopic (exact) mass is 615 g/mol. The number of nitriles is 1. The summed E-state index contributed by atoms with van der Waals surface area (Å²) in [4.78, 5) is 26.8. The van der Waals surface area contributed by atoms with Gasteiger partial charge in [-0.1, -0.05) is 6.92 Å². The SMILES string of the molecule is CC=NC(=N/C(=C(\C)CC)c1ccc(OC2CCN(C=O)CC2F)c(C#N)c1)Nc1ccc(N2CCN(C3COC3)CC2)cc1. The molecule has 2 aromatic carbocycles. The minimum Gasteiger partial charge on any atom is -0.486 e. The third-order valence-corrected chi connectivity index (χ3v) is 8.66. The molecular formula is C34H42FN7O3. The number of piperazine rings is 1. The van der Waals surface area contributed by atoms with Crippen LogP contribution in [0.4, 0.5) is 15.8 Å². The van der Waals surface area contributed by atoms with Crippen LogP contribution in [0.3, 0.4) is 0 Å². The maximum atomic E-state index is 14.7. The number of carbonyl (C=O) groups excluding carboxylic acids is 1. The molecule has 3 aliphatic heterocycles. The van der Waals surface area contributed by atoms with Gasteiger partial charge in [-0.05, 0) is 68.3 Å². The van der Waals surface area contributed by atoms with Gasteiger partial charge in [-0.3, -0.25) is 9.69 Å². The first-order valence-electron chi connectivity index (χ1n) is 15.7. The fourth-order valence-corrected chi connectivity index (χ4v) is 5.72. The second-order valence-electron chi connectivity index (χ2n) is 11.6. The Morgan fingerprint density at radius 2 is 1.91 bits per heavy atom. The molecule has 238 valence electrons. The molecule has 5 rings (SSSR count). The van der Waals surface area contributed by atoms with Gasteiger partial charge < -0.3 is 24.6 Å². The molecule has 1 N–H and O–H groups in total. The first-order valence-corrected chi connectivity index (χ1v) is 15.7. The van der Waals surface area contributed by atoms with E-state index >= 15 is 0 Å². The van der Waals surface area contributed by atoms with Gasteiger partial charge in [0.05, 0.1) is 37.1 Å². The Bertz CT molecular complexity index is 1460. The average Bonchev–Trinajstić information content (AvgIpc) is 3.04. The molecule has 11 heteroatoms. The average molecular weight is 616 g/mol. The molecule has 0 aliphatic carbocycles. The normalized spacial score (nSPS) is 22.1. The van der Waals surface area contributed by atoms with Crippen molar-refractivity contribution in [1.29, 1.82) is 5.26 Å². The van der Waals surface area contributed by atoms with Crippen LogP contribution in [0.1, 0.15) is 44.7 Å². The number of nitrogens with one attached hydrogen (secondary N) is 1. The Kier molecular flexibility index (Phi) is 10.8. The second-order valence-corrected chi connectivity index (χ2v) is 11.6. The Hall–Kier alpha value is -4.27. The number of halogens is 1. The molecule has 45 heavy (non-hydrogen) atoms. The lowest BCUT2D eigenvalue weighted by Crippen LogP contribution is -2.56. The van der Waals surface area contributed by atoms with Crippen LogP contribution in [-0.2, 0) is 9.53 Å². The number of anilines is 2. The van der Waals surface area contributed by atoms with Gasteiger partial charge in [-0.15, -0.1) is 0 Å². The number of ether oxygens (including phenoxy) is 2. The summed E-state index contributed by atoms with van der Waals surface area (Å²) in [6.45, 7) is 12.0. The summed E-state index contributed by atoms with van der Waals surface area (Å²) in [5.41, 5.74) is 4.79. The quantitative estimate of drug-likeness (QED) is 0.247. The standard InChI is InChI=1S/C34H42FN7O3/c1-4-24(3)33(25-6-11-31(26(18-25)19-36)45-32-12-13-40(23-43)20-30(32)35)39-34(37-5-2)38-27-7-9-28(10-8-27)41-14-16-42(17-15-41)29-21-44-22-29/h5-11,18,23,29-30,32H,4,12-17,20-22H2,1-3H3,(H,38,39)/b33-24+,37-5?. The molecule has 2 atom stereocenters. The third-order valence-electron chi connectivity index (χ3n) is 8.66. The van der Waals surface area contributed by atoms with Crippen molar-refractivity contribution in [2.45, 2.75) is 51.9 Å². The van der Waals surface area contributed by atoms with Crippen LogP contribution in [0, 0.1) is 11.3 Å². The molecule has 10 nitrogen and oxygen atoms in total. The summed E-state index contributed by atoms with van der Waals surface area (Å²) in [6.07, 6.45) is 1.39. The highest BCUT2D eigenvalue weighted by Crippen LogP contribution is 2.30. The first-order chi connectivity index (χ1) is 21.9. The fourth-order valence-electron chi connectivity index (χ4n) is 5.72. The van der Waals surface area contributed by atoms with E-state index in [4.69, 9.17) is 14.5 Å². The van der Waals surface area contributed by atoms with Crippen molar-refractivity contribution in [3.63, 3.8) is 0 Å². The van der Waals surface area contributed by atoms with Gasteiger partial charge in [0, 0.05) is 62.3 Å². The van der Waals surface area contributed by atoms with E-state index in [9.17, 15) is 14.4 Å². The van der Waals surface area contributed by atoms with Crippen molar-refractivity contribution in [3.8, 4) is 11.8 Å². The van der Waals surface area contributed by atoms with E-state index in [2.05, 4.69) is 45.2 Å². The molecule has 1 amide bonds. The number of guanidine groups is 1. The lowest BCUT2D eigenvalue weighted by molar-refractivity contribution is -0.121. The van der Waals surface area contributed by atoms with Crippen molar-refractivity contribution < 1.29 is 18.7 Å². The highest BCUT2D eigenvalue weighted by Gasteiger charge is 2.31. The van der Waals surface area contributed by atoms with Gasteiger partial charge in [0.1, 0.15) is 17.9 Å². The number of hydrogen-bond donors (Lipinski definition) is 1. The number of rotatable bonds is 9. The molecule has 3 aliphatic rings. The van der Waals surface area contributed by atoms with Crippen LogP contribution in [-0.4, -0.2) is 99.2 Å². The van der Waals surface area contributed by atoms with Crippen LogP contribution < -0.4 is 15.0 Å². The molecule has 3 saturated heterocycles. The fraction of sp³-hybridized carbons (Fsp3) is 0.471. The van der Waals surface area contributed by atoms with E-state index in [-0.39, 0.29) is 6.54 Å². The molecular weight excluding hydrogens is 573 g/mol. The van der Waals surface area contributed by atoms with E-state index in [1.807, 2.05) is 32.0 Å². The summed E-state index contributed by atoms with van der Waals surface area (Å²) < 4.78 is 26.0. The number of aliphatic imine (C=N–C) groups is 2. The van der Waals surface area contributed by atoms with Crippen LogP contribution in [0.25, 0.3) is 5.70 Å². The Balaban J connectivity index is 1.30. The van der Waals surface area contributed by atoms with Crippen LogP contribution >= 0.6 is 0 Å². The van der Waals surface area contributed by atoms with Crippen molar-refractivity contribution in [1.82, 2.24) is 9.80 Å². The van der Waals surface area contributed by atoms with Crippen molar-refractivity contribution in [3.05, 3.63) is 59.2 Å². The zero-order valence-corrected chi connectivity index (χ0v) is 26.3. The predicted molar refractivity (Wildman–Crippen MR) is 176 cm³/mol. The number of hydrogen-bond acceptors (Lipinski definition) is 7. The Labute approximate surface area is 264 Å². The molecule has 0 saturated carbocycles. The predicted octanol–water partition coefficient (Wildman–Crippen LogP) is 4.73. The Morgan fingerprint density at radius 1 is 1.16 bits per heavy atom. The van der Waals surface area contributed by atoms with E-state index < -0.39 is 12.3 Å². The first kappa shape index (κ1) is 32.1. The van der Waals surface area contributed by atoms with Crippen LogP contribution in [0.2, 0.25) is 0 Å². The highest BCUT2D eigenvalue weighted by atomic mass is 19.1. The number of alkyl halides is 1. The van der Waals surface area contributed by atoms with Gasteiger partial charge in [-0.2, -0.15) is 5.26 Å². The van der Waals surface area contributed by atoms with Crippen LogP contribution in [0.15, 0.2) is 58.0 Å². The molecule has 0 aromatic heterocycles. The van der Waals surface area contributed by atoms with Gasteiger partial charge in [-0.25, -0.2) is 14.4 Å². The number of nitrogens with zero attached hydrogens (tertiary/aromatic N) is 6. The summed E-state index contributed by atoms with van der Waals surface area (Å²) in [5, 5.41) is 13.3. The molecule has 0 bridgehead atoms. The molecule has 2 unspecified atom stereocenters. The zero-order chi connectivity index (χ0) is 31.8. The number of amides is 1. The van der Waals surface area contributed by atoms with E-state index in [1.54, 1.807) is 18.3 Å². The summed E-state index contributed by atoms with van der Waals surface area (Å²) in [7, 11) is 0. The topological polar surface area (TPSA) is 106 Å². The number of piperidine rings is 1. The number of allylic oxidation sites excluding steroid dienone is 1. The lowest BCUT2D eigenvalue weighted by atomic mass is 10.0. The molecule has 3 fully saturated rings. The maximum Gasteiger partial charge on any atom is 0.227 e. The second kappa shape index (κ2) is 15.1. The largest absolute Gasteiger partial charge is 0.486 e. The zero-order valence-electron chi connectivity index (χ0n) is 26.3. The summed E-state index contributed by atoms with van der Waals surface area (Å²) >= 11 is 0. The van der Waals surface area contributed by atoms with Crippen molar-refractivity contribution >= 4 is 35.7 Å². The van der Waals surface area contributed by atoms with Crippen molar-refractivity contribution in [2.75, 3.05) is 62.7 Å². The third kappa shape index (κ3) is 7.88. The summed E-state index contributed by atoms with van der Waals surface area (Å²) in [6, 6.07) is 16.3. The minimum atomic E-state index is -1.33. The lowest BCUT2D eigenvalue weighted by Gasteiger charge is -2.43.